The molecule has 3 heteroatoms. The van der Waals surface area contributed by atoms with E-state index in [9.17, 15) is 0 Å². The third-order valence-corrected chi connectivity index (χ3v) is 2.18. The SMILES string of the molecule is CCCCCCCP(O)O. The summed E-state index contributed by atoms with van der Waals surface area (Å²) in [7, 11) is -1.62. The van der Waals surface area contributed by atoms with Gasteiger partial charge in [-0.05, 0) is 6.42 Å². The molecule has 0 rings (SSSR count). The zero-order valence-corrected chi connectivity index (χ0v) is 7.48. The summed E-state index contributed by atoms with van der Waals surface area (Å²) in [5, 5.41) is 0. The monoisotopic (exact) mass is 164 g/mol. The van der Waals surface area contributed by atoms with Gasteiger partial charge in [-0.1, -0.05) is 32.6 Å². The van der Waals surface area contributed by atoms with Gasteiger partial charge in [-0.2, -0.15) is 0 Å². The molecule has 0 aromatic carbocycles. The van der Waals surface area contributed by atoms with Crippen LogP contribution in [-0.2, 0) is 0 Å². The summed E-state index contributed by atoms with van der Waals surface area (Å²) >= 11 is 0. The van der Waals surface area contributed by atoms with Crippen LogP contribution in [0.3, 0.4) is 0 Å². The zero-order valence-electron chi connectivity index (χ0n) is 6.58. The first-order valence-electron chi connectivity index (χ1n) is 3.92. The van der Waals surface area contributed by atoms with E-state index in [1.165, 1.54) is 19.3 Å². The first-order chi connectivity index (χ1) is 4.77. The maximum absolute atomic E-state index is 8.53. The number of hydrogen-bond donors (Lipinski definition) is 2. The summed E-state index contributed by atoms with van der Waals surface area (Å²) in [5.41, 5.74) is 0. The molecule has 0 bridgehead atoms. The second-order valence-electron chi connectivity index (χ2n) is 2.51. The van der Waals surface area contributed by atoms with Crippen molar-refractivity contribution < 1.29 is 9.79 Å². The van der Waals surface area contributed by atoms with E-state index in [-0.39, 0.29) is 0 Å². The summed E-state index contributed by atoms with van der Waals surface area (Å²) in [6, 6.07) is 0. The smallest absolute Gasteiger partial charge is 0.164 e. The van der Waals surface area contributed by atoms with Crippen LogP contribution in [0, 0.1) is 0 Å². The van der Waals surface area contributed by atoms with Gasteiger partial charge in [0, 0.05) is 6.16 Å². The molecular formula is C7H17O2P. The van der Waals surface area contributed by atoms with Crippen molar-refractivity contribution in [2.24, 2.45) is 0 Å². The fourth-order valence-electron chi connectivity index (χ4n) is 0.857. The average molecular weight is 164 g/mol. The topological polar surface area (TPSA) is 40.5 Å². The van der Waals surface area contributed by atoms with Crippen LogP contribution in [0.4, 0.5) is 0 Å². The minimum Gasteiger partial charge on any atom is -0.350 e. The van der Waals surface area contributed by atoms with Crippen LogP contribution in [0.5, 0.6) is 0 Å². The number of hydrogen-bond acceptors (Lipinski definition) is 2. The third-order valence-electron chi connectivity index (χ3n) is 1.46. The lowest BCUT2D eigenvalue weighted by Gasteiger charge is -2.00. The van der Waals surface area contributed by atoms with Crippen LogP contribution in [0.1, 0.15) is 39.0 Å². The molecule has 0 fully saturated rings. The van der Waals surface area contributed by atoms with Crippen LogP contribution in [0.25, 0.3) is 0 Å². The van der Waals surface area contributed by atoms with Gasteiger partial charge in [-0.25, -0.2) is 0 Å². The molecule has 2 N–H and O–H groups in total. The molecule has 0 aliphatic heterocycles. The van der Waals surface area contributed by atoms with Crippen LogP contribution in [0.2, 0.25) is 0 Å². The van der Waals surface area contributed by atoms with Gasteiger partial charge in [-0.3, -0.25) is 0 Å². The molecule has 0 unspecified atom stereocenters. The molecule has 2 nitrogen and oxygen atoms in total. The normalized spacial score (nSPS) is 10.8. The second-order valence-corrected chi connectivity index (χ2v) is 3.70. The summed E-state index contributed by atoms with van der Waals surface area (Å²) in [4.78, 5) is 17.1. The maximum atomic E-state index is 8.53. The molecule has 0 heterocycles. The zero-order chi connectivity index (χ0) is 7.82. The molecule has 0 radical (unpaired) electrons. The van der Waals surface area contributed by atoms with Crippen molar-refractivity contribution in [3.63, 3.8) is 0 Å². The van der Waals surface area contributed by atoms with Gasteiger partial charge in [0.25, 0.3) is 0 Å². The highest BCUT2D eigenvalue weighted by Gasteiger charge is 1.96. The Bertz CT molecular complexity index is 66.6. The predicted octanol–water partition coefficient (Wildman–Crippen LogP) is 2.25. The Morgan fingerprint density at radius 2 is 1.60 bits per heavy atom. The molecule has 0 amide bonds. The molecule has 0 spiro atoms. The van der Waals surface area contributed by atoms with Crippen molar-refractivity contribution in [2.75, 3.05) is 6.16 Å². The minimum atomic E-state index is -1.62. The molecule has 0 atom stereocenters. The quantitative estimate of drug-likeness (QED) is 0.467. The molecule has 0 aliphatic carbocycles. The van der Waals surface area contributed by atoms with Crippen molar-refractivity contribution in [1.82, 2.24) is 0 Å². The van der Waals surface area contributed by atoms with Gasteiger partial charge < -0.3 is 9.79 Å². The fraction of sp³-hybridized carbons (Fsp3) is 1.00. The predicted molar refractivity (Wildman–Crippen MR) is 45.0 cm³/mol. The lowest BCUT2D eigenvalue weighted by Crippen LogP contribution is -1.83. The van der Waals surface area contributed by atoms with E-state index in [4.69, 9.17) is 9.79 Å². The second kappa shape index (κ2) is 7.46. The Morgan fingerprint density at radius 1 is 1.00 bits per heavy atom. The molecule has 10 heavy (non-hydrogen) atoms. The van der Waals surface area contributed by atoms with E-state index in [0.29, 0.717) is 6.16 Å². The Kier molecular flexibility index (Phi) is 7.72. The molecule has 0 aliphatic rings. The Labute approximate surface area is 64.2 Å². The summed E-state index contributed by atoms with van der Waals surface area (Å²) in [6.45, 7) is 2.17. The molecular weight excluding hydrogens is 147 g/mol. The maximum Gasteiger partial charge on any atom is 0.164 e. The summed E-state index contributed by atoms with van der Waals surface area (Å²) < 4.78 is 0. The van der Waals surface area contributed by atoms with Gasteiger partial charge in [0.15, 0.2) is 8.38 Å². The van der Waals surface area contributed by atoms with Gasteiger partial charge in [0.1, 0.15) is 0 Å². The van der Waals surface area contributed by atoms with E-state index in [1.807, 2.05) is 0 Å². The van der Waals surface area contributed by atoms with Crippen molar-refractivity contribution in [3.8, 4) is 0 Å². The van der Waals surface area contributed by atoms with Crippen LogP contribution >= 0.6 is 8.38 Å². The summed E-state index contributed by atoms with van der Waals surface area (Å²) in [5.74, 6) is 0. The lowest BCUT2D eigenvalue weighted by atomic mass is 10.2. The van der Waals surface area contributed by atoms with E-state index >= 15 is 0 Å². The van der Waals surface area contributed by atoms with Crippen LogP contribution < -0.4 is 0 Å². The van der Waals surface area contributed by atoms with Crippen molar-refractivity contribution >= 4 is 8.38 Å². The van der Waals surface area contributed by atoms with Crippen molar-refractivity contribution in [3.05, 3.63) is 0 Å². The molecule has 0 aromatic heterocycles. The highest BCUT2D eigenvalue weighted by atomic mass is 31.2. The molecule has 0 aromatic rings. The van der Waals surface area contributed by atoms with Gasteiger partial charge >= 0.3 is 0 Å². The van der Waals surface area contributed by atoms with E-state index in [2.05, 4.69) is 6.92 Å². The standard InChI is InChI=1S/C7H17O2P/c1-2-3-4-5-6-7-10(8)9/h8-9H,2-7H2,1H3. The number of rotatable bonds is 6. The van der Waals surface area contributed by atoms with Crippen LogP contribution in [-0.4, -0.2) is 15.9 Å². The van der Waals surface area contributed by atoms with E-state index in [0.717, 1.165) is 12.8 Å². The third kappa shape index (κ3) is 8.35. The van der Waals surface area contributed by atoms with E-state index in [1.54, 1.807) is 0 Å². The van der Waals surface area contributed by atoms with Gasteiger partial charge in [0.05, 0.1) is 0 Å². The Hall–Kier alpha value is 0.350. The first-order valence-corrected chi connectivity index (χ1v) is 5.36. The Morgan fingerprint density at radius 3 is 2.10 bits per heavy atom. The highest BCUT2D eigenvalue weighted by Crippen LogP contribution is 2.24. The van der Waals surface area contributed by atoms with Crippen molar-refractivity contribution in [2.45, 2.75) is 39.0 Å². The van der Waals surface area contributed by atoms with E-state index < -0.39 is 8.38 Å². The molecule has 62 valence electrons. The molecule has 0 saturated carbocycles. The van der Waals surface area contributed by atoms with Crippen LogP contribution in [0.15, 0.2) is 0 Å². The first kappa shape index (κ1) is 10.3. The lowest BCUT2D eigenvalue weighted by molar-refractivity contribution is 0.478. The fourth-order valence-corrected chi connectivity index (χ4v) is 1.36. The van der Waals surface area contributed by atoms with Gasteiger partial charge in [0.2, 0.25) is 0 Å². The van der Waals surface area contributed by atoms with Gasteiger partial charge in [-0.15, -0.1) is 0 Å². The Balaban J connectivity index is 2.77. The minimum absolute atomic E-state index is 0.596. The summed E-state index contributed by atoms with van der Waals surface area (Å²) in [6.07, 6.45) is 6.47. The molecule has 0 saturated heterocycles. The number of unbranched alkanes of at least 4 members (excludes halogenated alkanes) is 4. The highest BCUT2D eigenvalue weighted by molar-refractivity contribution is 7.45. The largest absolute Gasteiger partial charge is 0.350 e. The average Bonchev–Trinajstić information content (AvgIpc) is 1.87. The van der Waals surface area contributed by atoms with Crippen molar-refractivity contribution in [1.29, 1.82) is 0 Å².